The quantitative estimate of drug-likeness (QED) is 0.519. The molecule has 0 aliphatic carbocycles. The Morgan fingerprint density at radius 3 is 2.62 bits per heavy atom. The molecular weight excluding hydrogens is 348 g/mol. The van der Waals surface area contributed by atoms with E-state index in [0.29, 0.717) is 30.6 Å². The fourth-order valence-electron chi connectivity index (χ4n) is 2.65. The number of aliphatic imine (C=N–C) groups is 1. The Morgan fingerprint density at radius 1 is 1.19 bits per heavy atom. The maximum Gasteiger partial charge on any atom is 0.191 e. The summed E-state index contributed by atoms with van der Waals surface area (Å²) >= 11 is 0. The molecular formula is C19H28N4O2S. The van der Waals surface area contributed by atoms with E-state index in [1.165, 1.54) is 0 Å². The van der Waals surface area contributed by atoms with Crippen molar-refractivity contribution in [2.24, 2.45) is 4.99 Å². The van der Waals surface area contributed by atoms with Crippen molar-refractivity contribution < 1.29 is 8.73 Å². The molecule has 1 aromatic carbocycles. The fourth-order valence-corrected chi connectivity index (χ4v) is 3.68. The molecule has 1 unspecified atom stereocenters. The summed E-state index contributed by atoms with van der Waals surface area (Å²) in [5, 5.41) is 10.6. The van der Waals surface area contributed by atoms with E-state index in [1.54, 1.807) is 7.05 Å². The molecule has 0 saturated heterocycles. The Balaban J connectivity index is 1.78. The van der Waals surface area contributed by atoms with Crippen LogP contribution < -0.4 is 10.6 Å². The summed E-state index contributed by atoms with van der Waals surface area (Å²) in [4.78, 5) is 4.22. The molecule has 0 fully saturated rings. The molecule has 0 aliphatic rings. The van der Waals surface area contributed by atoms with Gasteiger partial charge in [-0.3, -0.25) is 9.20 Å². The second kappa shape index (κ2) is 10.8. The second-order valence-electron chi connectivity index (χ2n) is 5.86. The van der Waals surface area contributed by atoms with Crippen LogP contribution in [-0.2, 0) is 35.9 Å². The molecule has 2 N–H and O–H groups in total. The van der Waals surface area contributed by atoms with Crippen LogP contribution in [0.1, 0.15) is 36.4 Å². The number of nitrogens with zero attached hydrogens (tertiary/aromatic N) is 2. The highest BCUT2D eigenvalue weighted by atomic mass is 32.2. The number of nitrogens with one attached hydrogen (secondary N) is 2. The highest BCUT2D eigenvalue weighted by molar-refractivity contribution is 7.84. The molecule has 6 nitrogen and oxygen atoms in total. The molecule has 2 aromatic rings. The molecule has 1 aromatic heterocycles. The molecule has 0 radical (unpaired) electrons. The van der Waals surface area contributed by atoms with Gasteiger partial charge in [0.1, 0.15) is 5.76 Å². The largest absolute Gasteiger partial charge is 0.361 e. The predicted octanol–water partition coefficient (Wildman–Crippen LogP) is 2.41. The van der Waals surface area contributed by atoms with Crippen molar-refractivity contribution in [3.63, 3.8) is 0 Å². The average Bonchev–Trinajstić information content (AvgIpc) is 3.07. The predicted molar refractivity (Wildman–Crippen MR) is 107 cm³/mol. The van der Waals surface area contributed by atoms with Crippen molar-refractivity contribution in [2.75, 3.05) is 19.3 Å². The molecule has 7 heteroatoms. The zero-order chi connectivity index (χ0) is 18.8. The summed E-state index contributed by atoms with van der Waals surface area (Å²) in [7, 11) is 0.824. The third-order valence-electron chi connectivity index (χ3n) is 4.06. The normalized spacial score (nSPS) is 12.8. The van der Waals surface area contributed by atoms with Crippen LogP contribution in [0.2, 0.25) is 0 Å². The van der Waals surface area contributed by atoms with Gasteiger partial charge in [-0.2, -0.15) is 0 Å². The van der Waals surface area contributed by atoms with E-state index < -0.39 is 10.8 Å². The summed E-state index contributed by atoms with van der Waals surface area (Å²) < 4.78 is 17.6. The maximum atomic E-state index is 12.2. The van der Waals surface area contributed by atoms with E-state index in [2.05, 4.69) is 34.6 Å². The van der Waals surface area contributed by atoms with Gasteiger partial charge in [0, 0.05) is 54.4 Å². The molecule has 2 rings (SSSR count). The van der Waals surface area contributed by atoms with Crippen LogP contribution in [0.3, 0.4) is 0 Å². The van der Waals surface area contributed by atoms with Gasteiger partial charge >= 0.3 is 0 Å². The van der Waals surface area contributed by atoms with E-state index in [4.69, 9.17) is 4.52 Å². The maximum absolute atomic E-state index is 12.2. The molecule has 0 spiro atoms. The van der Waals surface area contributed by atoms with E-state index >= 15 is 0 Å². The molecule has 0 amide bonds. The number of hydrogen-bond acceptors (Lipinski definition) is 4. The Hall–Kier alpha value is -2.15. The molecule has 0 aliphatic heterocycles. The van der Waals surface area contributed by atoms with Gasteiger partial charge in [-0.05, 0) is 12.0 Å². The number of aryl methyl sites for hydroxylation is 2. The van der Waals surface area contributed by atoms with Crippen molar-refractivity contribution in [2.45, 2.75) is 39.0 Å². The molecule has 26 heavy (non-hydrogen) atoms. The minimum atomic E-state index is -0.903. The molecule has 0 saturated carbocycles. The summed E-state index contributed by atoms with van der Waals surface area (Å²) in [6.45, 7) is 5.33. The monoisotopic (exact) mass is 376 g/mol. The van der Waals surface area contributed by atoms with E-state index in [1.807, 2.05) is 30.3 Å². The minimum absolute atomic E-state index is 0.573. The molecule has 1 atom stereocenters. The Bertz CT molecular complexity index is 707. The zero-order valence-corrected chi connectivity index (χ0v) is 16.6. The van der Waals surface area contributed by atoms with Crippen LogP contribution in [0.25, 0.3) is 0 Å². The second-order valence-corrected chi connectivity index (χ2v) is 7.44. The number of rotatable bonds is 9. The average molecular weight is 377 g/mol. The van der Waals surface area contributed by atoms with Gasteiger partial charge in [0.25, 0.3) is 0 Å². The first-order valence-electron chi connectivity index (χ1n) is 8.97. The highest BCUT2D eigenvalue weighted by Crippen LogP contribution is 2.15. The van der Waals surface area contributed by atoms with E-state index in [-0.39, 0.29) is 0 Å². The first kappa shape index (κ1) is 20.2. The van der Waals surface area contributed by atoms with Crippen molar-refractivity contribution in [3.05, 3.63) is 52.9 Å². The first-order valence-corrected chi connectivity index (χ1v) is 10.5. The van der Waals surface area contributed by atoms with Crippen LogP contribution in [0.15, 0.2) is 39.8 Å². The van der Waals surface area contributed by atoms with Crippen molar-refractivity contribution in [1.29, 1.82) is 0 Å². The fraction of sp³-hybridized carbons (Fsp3) is 0.474. The van der Waals surface area contributed by atoms with Gasteiger partial charge in [0.05, 0.1) is 5.69 Å². The lowest BCUT2D eigenvalue weighted by molar-refractivity contribution is 0.380. The van der Waals surface area contributed by atoms with Crippen LogP contribution in [0, 0.1) is 0 Å². The summed E-state index contributed by atoms with van der Waals surface area (Å²) in [6.07, 6.45) is 1.65. The van der Waals surface area contributed by atoms with Gasteiger partial charge in [0.15, 0.2) is 5.96 Å². The van der Waals surface area contributed by atoms with Crippen molar-refractivity contribution >= 4 is 16.8 Å². The van der Waals surface area contributed by atoms with Gasteiger partial charge in [0.2, 0.25) is 0 Å². The lowest BCUT2D eigenvalue weighted by Gasteiger charge is -2.12. The van der Waals surface area contributed by atoms with Gasteiger partial charge < -0.3 is 15.2 Å². The standard InChI is InChI=1S/C19H28N4O2S/c1-4-17-16(18(5-2)25-23-17)13-22-19(20-3)21-11-12-26(24)14-15-9-7-6-8-10-15/h6-10H,4-5,11-14H2,1-3H3,(H2,20,21,22). The van der Waals surface area contributed by atoms with Crippen LogP contribution in [0.5, 0.6) is 0 Å². The lowest BCUT2D eigenvalue weighted by atomic mass is 10.1. The molecule has 0 bridgehead atoms. The van der Waals surface area contributed by atoms with Crippen LogP contribution in [-0.4, -0.2) is 34.7 Å². The third kappa shape index (κ3) is 5.98. The minimum Gasteiger partial charge on any atom is -0.361 e. The van der Waals surface area contributed by atoms with Crippen molar-refractivity contribution in [3.8, 4) is 0 Å². The number of guanidine groups is 1. The molecule has 1 heterocycles. The number of benzene rings is 1. The number of aromatic nitrogens is 1. The topological polar surface area (TPSA) is 79.5 Å². The van der Waals surface area contributed by atoms with Gasteiger partial charge in [-0.1, -0.05) is 49.3 Å². The smallest absolute Gasteiger partial charge is 0.191 e. The Kier molecular flexibility index (Phi) is 8.34. The number of hydrogen-bond donors (Lipinski definition) is 2. The van der Waals surface area contributed by atoms with Crippen LogP contribution >= 0.6 is 0 Å². The summed E-state index contributed by atoms with van der Waals surface area (Å²) in [5.41, 5.74) is 3.18. The van der Waals surface area contributed by atoms with Gasteiger partial charge in [-0.25, -0.2) is 0 Å². The molecule has 142 valence electrons. The highest BCUT2D eigenvalue weighted by Gasteiger charge is 2.13. The Labute approximate surface area is 157 Å². The lowest BCUT2D eigenvalue weighted by Crippen LogP contribution is -2.39. The van der Waals surface area contributed by atoms with E-state index in [9.17, 15) is 4.21 Å². The summed E-state index contributed by atoms with van der Waals surface area (Å²) in [6, 6.07) is 9.91. The first-order chi connectivity index (χ1) is 12.7. The zero-order valence-electron chi connectivity index (χ0n) is 15.7. The van der Waals surface area contributed by atoms with E-state index in [0.717, 1.165) is 35.4 Å². The third-order valence-corrected chi connectivity index (χ3v) is 5.37. The van der Waals surface area contributed by atoms with Crippen molar-refractivity contribution in [1.82, 2.24) is 15.8 Å². The summed E-state index contributed by atoms with van der Waals surface area (Å²) in [5.74, 6) is 2.75. The SMILES string of the molecule is CCc1noc(CC)c1CNC(=NC)NCCS(=O)Cc1ccccc1. The van der Waals surface area contributed by atoms with Crippen LogP contribution in [0.4, 0.5) is 0 Å². The Morgan fingerprint density at radius 2 is 1.96 bits per heavy atom. The van der Waals surface area contributed by atoms with Gasteiger partial charge in [-0.15, -0.1) is 0 Å².